The third-order valence-electron chi connectivity index (χ3n) is 12.3. The maximum atomic E-state index is 12.7. The molecule has 2 aliphatic rings. The number of carbonyl (C=O) groups excluding carboxylic acids is 3. The first-order valence-electron chi connectivity index (χ1n) is 21.9. The van der Waals surface area contributed by atoms with Gasteiger partial charge in [-0.2, -0.15) is 0 Å². The van der Waals surface area contributed by atoms with E-state index >= 15 is 0 Å². The number of rotatable bonds is 10. The minimum Gasteiger partial charge on any atom is -0.469 e. The van der Waals surface area contributed by atoms with E-state index in [2.05, 4.69) is 94.4 Å². The number of nitrogens with zero attached hydrogens (tertiary/aromatic N) is 7. The molecule has 0 bridgehead atoms. The van der Waals surface area contributed by atoms with Crippen LogP contribution in [0.2, 0.25) is 0 Å². The van der Waals surface area contributed by atoms with Crippen LogP contribution < -0.4 is 5.32 Å². The van der Waals surface area contributed by atoms with E-state index in [1.165, 1.54) is 30.9 Å². The average molecular weight is 910 g/mol. The van der Waals surface area contributed by atoms with Gasteiger partial charge < -0.3 is 24.4 Å². The van der Waals surface area contributed by atoms with E-state index in [1.807, 2.05) is 50.0 Å². The molecule has 1 N–H and O–H groups in total. The SMILES string of the molecule is C.CCn1nnc2c(C)c(C(CC(=O)OC)c3ccc4c(c3)CN(C(=O)OC(C)(C)C)CC4)ccc21.CCn1nnc2c(C)c(C(CC(=O)OC)c3ccc4c(c3)CNCC4)ccc21.Cl. The fraction of sp³-hybridized carbons (Fsp3) is 0.460. The summed E-state index contributed by atoms with van der Waals surface area (Å²) in [6.07, 6.45) is 2.01. The van der Waals surface area contributed by atoms with Gasteiger partial charge in [-0.05, 0) is 136 Å². The predicted octanol–water partition coefficient (Wildman–Crippen LogP) is 8.91. The van der Waals surface area contributed by atoms with E-state index in [0.717, 1.165) is 100 Å². The Kier molecular flexibility index (Phi) is 16.5. The summed E-state index contributed by atoms with van der Waals surface area (Å²) in [6, 6.07) is 21.2. The van der Waals surface area contributed by atoms with Crippen molar-refractivity contribution in [3.05, 3.63) is 116 Å². The van der Waals surface area contributed by atoms with E-state index in [9.17, 15) is 14.4 Å². The zero-order valence-corrected chi connectivity index (χ0v) is 39.3. The molecular weight excluding hydrogens is 844 g/mol. The van der Waals surface area contributed by atoms with Crippen molar-refractivity contribution in [1.29, 1.82) is 0 Å². The monoisotopic (exact) mass is 908 g/mol. The van der Waals surface area contributed by atoms with Crippen LogP contribution in [0.4, 0.5) is 4.79 Å². The molecule has 2 atom stereocenters. The van der Waals surface area contributed by atoms with Crippen LogP contribution in [0.5, 0.6) is 0 Å². The van der Waals surface area contributed by atoms with Crippen LogP contribution in [0.15, 0.2) is 60.7 Å². The van der Waals surface area contributed by atoms with Gasteiger partial charge >= 0.3 is 18.0 Å². The Bertz CT molecular complexity index is 2650. The summed E-state index contributed by atoms with van der Waals surface area (Å²) in [6.45, 7) is 18.3. The number of nitrogens with one attached hydrogen (secondary N) is 1. The number of hydrogen-bond acceptors (Lipinski definition) is 11. The Hall–Kier alpha value is -5.86. The Balaban J connectivity index is 0.000000242. The third-order valence-corrected chi connectivity index (χ3v) is 12.3. The second-order valence-electron chi connectivity index (χ2n) is 17.4. The first-order valence-corrected chi connectivity index (χ1v) is 21.9. The quantitative estimate of drug-likeness (QED) is 0.104. The zero-order chi connectivity index (χ0) is 45.0. The van der Waals surface area contributed by atoms with Crippen molar-refractivity contribution in [2.75, 3.05) is 27.3 Å². The third kappa shape index (κ3) is 11.0. The number of esters is 2. The van der Waals surface area contributed by atoms with Crippen molar-refractivity contribution < 1.29 is 28.6 Å². The second-order valence-corrected chi connectivity index (χ2v) is 17.4. The molecule has 0 fully saturated rings. The van der Waals surface area contributed by atoms with Gasteiger partial charge in [-0.1, -0.05) is 66.4 Å². The number of ether oxygens (including phenoxy) is 3. The number of benzene rings is 4. The molecule has 15 heteroatoms. The lowest BCUT2D eigenvalue weighted by molar-refractivity contribution is -0.141. The standard InChI is InChI=1S/C27H34N4O4.C22H26N4O2.CH4.ClH/c1-7-31-23-11-10-21(17(2)25(23)28-29-31)22(15-24(32)34-6)19-9-8-18-12-13-30(16-20(18)14-19)26(33)35-27(3,4)5;1-4-26-20-8-7-18(14(2)22(20)24-25-26)19(12-21(27)28-3)16-6-5-15-9-10-23-13-17(15)11-16;;/h8-11,14,22H,7,12-13,15-16H2,1-6H3;5-8,11,19,23H,4,9-10,12-13H2,1-3H3;1H4;1H. The number of hydrogen-bond donors (Lipinski definition) is 1. The molecule has 2 unspecified atom stereocenters. The van der Waals surface area contributed by atoms with Crippen molar-refractivity contribution in [2.24, 2.45) is 0 Å². The lowest BCUT2D eigenvalue weighted by atomic mass is 9.83. The molecule has 6 aromatic rings. The van der Waals surface area contributed by atoms with Gasteiger partial charge in [-0.15, -0.1) is 22.6 Å². The summed E-state index contributed by atoms with van der Waals surface area (Å²) < 4.78 is 19.4. The topological polar surface area (TPSA) is 156 Å². The summed E-state index contributed by atoms with van der Waals surface area (Å²) in [5.74, 6) is -0.769. The molecule has 4 heterocycles. The van der Waals surface area contributed by atoms with Crippen LogP contribution in [-0.4, -0.2) is 85.8 Å². The number of aryl methyl sites for hydroxylation is 4. The Labute approximate surface area is 388 Å². The van der Waals surface area contributed by atoms with Crippen LogP contribution in [0.25, 0.3) is 22.1 Å². The van der Waals surface area contributed by atoms with Crippen molar-refractivity contribution >= 4 is 52.5 Å². The summed E-state index contributed by atoms with van der Waals surface area (Å²) in [5.41, 5.74) is 14.5. The first-order chi connectivity index (χ1) is 30.2. The Morgan fingerprint density at radius 2 is 1.20 bits per heavy atom. The number of halogens is 1. The van der Waals surface area contributed by atoms with Crippen molar-refractivity contribution in [3.8, 4) is 0 Å². The Morgan fingerprint density at radius 1 is 0.708 bits per heavy atom. The normalized spacial score (nSPS) is 14.1. The van der Waals surface area contributed by atoms with Crippen LogP contribution in [0.3, 0.4) is 0 Å². The summed E-state index contributed by atoms with van der Waals surface area (Å²) in [5, 5.41) is 20.7. The molecule has 2 aliphatic heterocycles. The van der Waals surface area contributed by atoms with Gasteiger partial charge in [0.15, 0.2) is 0 Å². The van der Waals surface area contributed by atoms with Gasteiger partial charge in [0, 0.05) is 44.6 Å². The summed E-state index contributed by atoms with van der Waals surface area (Å²) >= 11 is 0. The van der Waals surface area contributed by atoms with Gasteiger partial charge in [0.05, 0.1) is 38.1 Å². The van der Waals surface area contributed by atoms with Crippen LogP contribution in [-0.2, 0) is 62.8 Å². The molecule has 14 nitrogen and oxygen atoms in total. The second kappa shape index (κ2) is 21.4. The van der Waals surface area contributed by atoms with Crippen molar-refractivity contribution in [3.63, 3.8) is 0 Å². The molecule has 0 spiro atoms. The van der Waals surface area contributed by atoms with Crippen molar-refractivity contribution in [1.82, 2.24) is 40.2 Å². The van der Waals surface area contributed by atoms with Crippen LogP contribution >= 0.6 is 12.4 Å². The molecule has 4 aromatic carbocycles. The lowest BCUT2D eigenvalue weighted by Crippen LogP contribution is -2.39. The van der Waals surface area contributed by atoms with Gasteiger partial charge in [-0.3, -0.25) is 9.59 Å². The summed E-state index contributed by atoms with van der Waals surface area (Å²) in [4.78, 5) is 39.1. The van der Waals surface area contributed by atoms with Gasteiger partial charge in [0.1, 0.15) is 16.6 Å². The molecule has 0 saturated heterocycles. The van der Waals surface area contributed by atoms with E-state index in [-0.39, 0.29) is 56.1 Å². The number of carbonyl (C=O) groups is 3. The number of amides is 1. The molecule has 2 aromatic heterocycles. The largest absolute Gasteiger partial charge is 0.469 e. The predicted molar refractivity (Wildman–Crippen MR) is 255 cm³/mol. The molecule has 8 rings (SSSR count). The molecule has 348 valence electrons. The van der Waals surface area contributed by atoms with Crippen molar-refractivity contribution in [2.45, 2.75) is 125 Å². The minimum absolute atomic E-state index is 0. The molecule has 0 saturated carbocycles. The average Bonchev–Trinajstić information content (AvgIpc) is 3.92. The van der Waals surface area contributed by atoms with Crippen LogP contribution in [0.1, 0.15) is 122 Å². The Morgan fingerprint density at radius 3 is 1.68 bits per heavy atom. The lowest BCUT2D eigenvalue weighted by Gasteiger charge is -2.32. The van der Waals surface area contributed by atoms with Crippen LogP contribution in [0, 0.1) is 13.8 Å². The van der Waals surface area contributed by atoms with Gasteiger partial charge in [0.25, 0.3) is 0 Å². The molecule has 0 aliphatic carbocycles. The highest BCUT2D eigenvalue weighted by Gasteiger charge is 2.29. The van der Waals surface area contributed by atoms with E-state index in [0.29, 0.717) is 19.5 Å². The smallest absolute Gasteiger partial charge is 0.410 e. The maximum absolute atomic E-state index is 12.7. The highest BCUT2D eigenvalue weighted by atomic mass is 35.5. The zero-order valence-electron chi connectivity index (χ0n) is 38.5. The van der Waals surface area contributed by atoms with Gasteiger partial charge in [0.2, 0.25) is 0 Å². The maximum Gasteiger partial charge on any atom is 0.410 e. The number of methoxy groups -OCH3 is 2. The highest BCUT2D eigenvalue weighted by Crippen LogP contribution is 2.37. The first kappa shape index (κ1) is 50.1. The molecular formula is C50H65ClN8O6. The number of aromatic nitrogens is 6. The molecule has 65 heavy (non-hydrogen) atoms. The van der Waals surface area contributed by atoms with E-state index in [4.69, 9.17) is 14.2 Å². The van der Waals surface area contributed by atoms with E-state index < -0.39 is 5.60 Å². The van der Waals surface area contributed by atoms with Gasteiger partial charge in [-0.25, -0.2) is 14.2 Å². The van der Waals surface area contributed by atoms with E-state index in [1.54, 1.807) is 4.90 Å². The molecule has 1 amide bonds. The fourth-order valence-electron chi connectivity index (χ4n) is 8.90. The summed E-state index contributed by atoms with van der Waals surface area (Å²) in [7, 11) is 2.85. The fourth-order valence-corrected chi connectivity index (χ4v) is 8.90. The highest BCUT2D eigenvalue weighted by molar-refractivity contribution is 5.85. The molecule has 0 radical (unpaired) electrons. The number of fused-ring (bicyclic) bond motifs is 4. The minimum atomic E-state index is -0.541.